The molecule has 3 amide bonds. The summed E-state index contributed by atoms with van der Waals surface area (Å²) in [7, 11) is 0. The van der Waals surface area contributed by atoms with E-state index in [1.54, 1.807) is 30.3 Å². The van der Waals surface area contributed by atoms with Gasteiger partial charge in [-0.3, -0.25) is 14.4 Å². The summed E-state index contributed by atoms with van der Waals surface area (Å²) >= 11 is 1.41. The number of hydrogen-bond donors (Lipinski definition) is 5. The van der Waals surface area contributed by atoms with Gasteiger partial charge in [0.15, 0.2) is 5.79 Å². The Morgan fingerprint density at radius 2 is 1.91 bits per heavy atom. The van der Waals surface area contributed by atoms with E-state index in [1.807, 2.05) is 17.5 Å². The molecule has 0 spiro atoms. The van der Waals surface area contributed by atoms with Gasteiger partial charge in [0, 0.05) is 40.6 Å². The van der Waals surface area contributed by atoms with E-state index in [0.717, 1.165) is 15.3 Å². The Bertz CT molecular complexity index is 1590. The van der Waals surface area contributed by atoms with Crippen molar-refractivity contribution in [1.29, 1.82) is 0 Å². The fourth-order valence-electron chi connectivity index (χ4n) is 4.74. The van der Waals surface area contributed by atoms with Crippen molar-refractivity contribution >= 4 is 34.9 Å². The maximum atomic E-state index is 13.2. The first-order valence-corrected chi connectivity index (χ1v) is 14.4. The minimum absolute atomic E-state index is 0.162. The average molecular weight is 608 g/mol. The average Bonchev–Trinajstić information content (AvgIpc) is 3.60. The van der Waals surface area contributed by atoms with Crippen LogP contribution in [0.4, 0.5) is 10.2 Å². The molecule has 2 aliphatic rings. The summed E-state index contributed by atoms with van der Waals surface area (Å²) in [5.41, 5.74) is 7.57. The number of carbonyl (C=O) groups is 3. The van der Waals surface area contributed by atoms with E-state index in [1.165, 1.54) is 29.5 Å². The number of halogens is 1. The molecule has 3 heterocycles. The molecule has 0 saturated carbocycles. The Labute approximate surface area is 250 Å². The lowest BCUT2D eigenvalue weighted by atomic mass is 10.1. The molecule has 5 rings (SSSR count). The molecule has 2 aromatic heterocycles. The number of aromatic nitrogens is 1. The van der Waals surface area contributed by atoms with Crippen molar-refractivity contribution in [2.24, 2.45) is 0 Å². The highest BCUT2D eigenvalue weighted by Gasteiger charge is 2.46. The van der Waals surface area contributed by atoms with Crippen LogP contribution in [0.3, 0.4) is 0 Å². The van der Waals surface area contributed by atoms with E-state index in [9.17, 15) is 29.0 Å². The van der Waals surface area contributed by atoms with Gasteiger partial charge in [0.2, 0.25) is 11.8 Å². The van der Waals surface area contributed by atoms with Crippen molar-refractivity contribution in [2.45, 2.75) is 37.6 Å². The summed E-state index contributed by atoms with van der Waals surface area (Å²) in [5.74, 6) is -2.72. The zero-order valence-electron chi connectivity index (χ0n) is 23.0. The molecule has 3 aromatic rings. The van der Waals surface area contributed by atoms with Gasteiger partial charge in [-0.2, -0.15) is 0 Å². The third-order valence-corrected chi connectivity index (χ3v) is 7.86. The van der Waals surface area contributed by atoms with E-state index in [-0.39, 0.29) is 30.8 Å². The molecular weight excluding hydrogens is 577 g/mol. The van der Waals surface area contributed by atoms with Crippen LogP contribution in [0.1, 0.15) is 34.5 Å². The van der Waals surface area contributed by atoms with Crippen molar-refractivity contribution in [3.8, 4) is 17.0 Å². The maximum absolute atomic E-state index is 13.2. The smallest absolute Gasteiger partial charge is 0.251 e. The summed E-state index contributed by atoms with van der Waals surface area (Å²) in [6, 6.07) is 12.3. The highest BCUT2D eigenvalue weighted by molar-refractivity contribution is 7.10. The highest BCUT2D eigenvalue weighted by Crippen LogP contribution is 2.27. The van der Waals surface area contributed by atoms with Gasteiger partial charge < -0.3 is 36.2 Å². The van der Waals surface area contributed by atoms with E-state index in [0.29, 0.717) is 29.4 Å². The maximum Gasteiger partial charge on any atom is 0.251 e. The van der Waals surface area contributed by atoms with Gasteiger partial charge in [-0.25, -0.2) is 9.37 Å². The number of aliphatic hydroxyl groups is 2. The lowest BCUT2D eigenvalue weighted by Crippen LogP contribution is -2.49. The number of carbonyl (C=O) groups excluding carboxylic acids is 3. The summed E-state index contributed by atoms with van der Waals surface area (Å²) in [6.45, 7) is -0.774. The number of ether oxygens (including phenoxy) is 1. The van der Waals surface area contributed by atoms with Crippen LogP contribution in [0.15, 0.2) is 77.6 Å². The molecule has 0 bridgehead atoms. The number of likely N-dealkylation sites (tertiary alicyclic amines) is 1. The van der Waals surface area contributed by atoms with Gasteiger partial charge in [0.05, 0.1) is 25.3 Å². The molecule has 6 N–H and O–H groups in total. The van der Waals surface area contributed by atoms with E-state index >= 15 is 0 Å². The number of hydrogen-bond acceptors (Lipinski definition) is 9. The number of nitrogen functional groups attached to an aromatic ring is 1. The second kappa shape index (κ2) is 12.7. The number of thiophene rings is 1. The van der Waals surface area contributed by atoms with Gasteiger partial charge in [0.1, 0.15) is 29.2 Å². The lowest BCUT2D eigenvalue weighted by molar-refractivity contribution is -0.154. The SMILES string of the molecule is Nc1cccc(-c2csc(CNC(=O)[C@@H]3CC(O)(O)CN3C(=O)CNC(=O)c3ccc(OC4=CC=C(F)CC4)cc3)c2)n1. The van der Waals surface area contributed by atoms with Crippen molar-refractivity contribution < 1.29 is 33.7 Å². The van der Waals surface area contributed by atoms with Gasteiger partial charge in [-0.1, -0.05) is 6.07 Å². The molecule has 11 nitrogen and oxygen atoms in total. The van der Waals surface area contributed by atoms with Crippen LogP contribution in [-0.2, 0) is 16.1 Å². The van der Waals surface area contributed by atoms with Crippen LogP contribution in [0, 0.1) is 0 Å². The number of nitrogens with two attached hydrogens (primary N) is 1. The molecule has 1 atom stereocenters. The quantitative estimate of drug-likeness (QED) is 0.232. The Hall–Kier alpha value is -4.59. The third kappa shape index (κ3) is 7.63. The van der Waals surface area contributed by atoms with Crippen LogP contribution in [0.25, 0.3) is 11.3 Å². The Kier molecular flexibility index (Phi) is 8.85. The first-order valence-electron chi connectivity index (χ1n) is 13.5. The summed E-state index contributed by atoms with van der Waals surface area (Å²) in [5, 5.41) is 27.6. The molecule has 1 aliphatic heterocycles. The molecule has 0 unspecified atom stereocenters. The van der Waals surface area contributed by atoms with Crippen molar-refractivity contribution in [3.05, 3.63) is 88.1 Å². The standard InChI is InChI=1S/C30H30FN5O6S/c31-20-6-10-22(11-7-20)42-21-8-4-18(5-9-21)28(38)34-15-27(37)36-17-30(40,41)13-25(36)29(39)33-14-23-12-19(16-43-23)24-2-1-3-26(32)35-24/h1-6,8-10,12,16,25,40-41H,7,11,13-15,17H2,(H2,32,35)(H,33,39)(H,34,38)/t25-/m0/s1. The summed E-state index contributed by atoms with van der Waals surface area (Å²) in [4.78, 5) is 44.8. The highest BCUT2D eigenvalue weighted by atomic mass is 32.1. The number of anilines is 1. The second-order valence-electron chi connectivity index (χ2n) is 10.2. The summed E-state index contributed by atoms with van der Waals surface area (Å²) < 4.78 is 18.9. The molecule has 43 heavy (non-hydrogen) atoms. The number of nitrogens with zero attached hydrogens (tertiary/aromatic N) is 2. The normalized spacial score (nSPS) is 17.6. The molecule has 1 fully saturated rings. The predicted octanol–water partition coefficient (Wildman–Crippen LogP) is 2.63. The number of pyridine rings is 1. The second-order valence-corrected chi connectivity index (χ2v) is 11.2. The first-order chi connectivity index (χ1) is 20.6. The Morgan fingerprint density at radius 3 is 2.63 bits per heavy atom. The van der Waals surface area contributed by atoms with Gasteiger partial charge in [0.25, 0.3) is 5.91 Å². The number of rotatable bonds is 9. The Morgan fingerprint density at radius 1 is 1.12 bits per heavy atom. The zero-order chi connectivity index (χ0) is 30.6. The van der Waals surface area contributed by atoms with Crippen LogP contribution >= 0.6 is 11.3 Å². The first kappa shape index (κ1) is 29.9. The summed E-state index contributed by atoms with van der Waals surface area (Å²) in [6.07, 6.45) is 3.24. The number of benzene rings is 1. The number of allylic oxidation sites excluding steroid dienone is 4. The van der Waals surface area contributed by atoms with Crippen LogP contribution < -0.4 is 21.1 Å². The van der Waals surface area contributed by atoms with Crippen molar-refractivity contribution in [1.82, 2.24) is 20.5 Å². The third-order valence-electron chi connectivity index (χ3n) is 6.93. The van der Waals surface area contributed by atoms with Gasteiger partial charge in [-0.05, 0) is 54.6 Å². The largest absolute Gasteiger partial charge is 0.462 e. The molecule has 1 aliphatic carbocycles. The molecule has 1 saturated heterocycles. The van der Waals surface area contributed by atoms with E-state index < -0.39 is 42.6 Å². The lowest BCUT2D eigenvalue weighted by Gasteiger charge is -2.23. The monoisotopic (exact) mass is 607 g/mol. The Balaban J connectivity index is 1.14. The minimum atomic E-state index is -2.25. The van der Waals surface area contributed by atoms with Crippen molar-refractivity contribution in [3.63, 3.8) is 0 Å². The minimum Gasteiger partial charge on any atom is -0.462 e. The predicted molar refractivity (Wildman–Crippen MR) is 157 cm³/mol. The van der Waals surface area contributed by atoms with Crippen LogP contribution in [0.2, 0.25) is 0 Å². The fourth-order valence-corrected chi connectivity index (χ4v) is 5.56. The number of amides is 3. The van der Waals surface area contributed by atoms with Crippen LogP contribution in [0.5, 0.6) is 5.75 Å². The molecule has 0 radical (unpaired) electrons. The molecule has 13 heteroatoms. The number of β-amino-alcohol motifs (C(OH)–C–C–N with tert-alkyl or cyclic N) is 2. The van der Waals surface area contributed by atoms with E-state index in [4.69, 9.17) is 10.5 Å². The zero-order valence-corrected chi connectivity index (χ0v) is 23.8. The van der Waals surface area contributed by atoms with Crippen molar-refractivity contribution in [2.75, 3.05) is 18.8 Å². The van der Waals surface area contributed by atoms with Gasteiger partial charge >= 0.3 is 0 Å². The van der Waals surface area contributed by atoms with Crippen LogP contribution in [-0.4, -0.2) is 62.7 Å². The number of nitrogens with one attached hydrogen (secondary N) is 2. The molecule has 1 aromatic carbocycles. The molecular formula is C30H30FN5O6S. The fraction of sp³-hybridized carbons (Fsp3) is 0.267. The molecule has 224 valence electrons. The topological polar surface area (TPSA) is 167 Å². The van der Waals surface area contributed by atoms with E-state index in [2.05, 4.69) is 15.6 Å². The van der Waals surface area contributed by atoms with Gasteiger partial charge in [-0.15, -0.1) is 11.3 Å².